The minimum Gasteiger partial charge on any atom is -0.744 e. The molecule has 2 rings (SSSR count). The summed E-state index contributed by atoms with van der Waals surface area (Å²) in [6, 6.07) is 12.4. The van der Waals surface area contributed by atoms with E-state index in [1.165, 1.54) is 6.07 Å². The maximum absolute atomic E-state index is 11.0. The quantitative estimate of drug-likeness (QED) is 0.540. The maximum atomic E-state index is 11.0. The van der Waals surface area contributed by atoms with Gasteiger partial charge >= 0.3 is 29.6 Å². The van der Waals surface area contributed by atoms with Gasteiger partial charge in [-0.25, -0.2) is 8.42 Å². The van der Waals surface area contributed by atoms with Crippen LogP contribution in [0.25, 0.3) is 11.1 Å². The average molecular weight is 414 g/mol. The van der Waals surface area contributed by atoms with Crippen LogP contribution in [0.3, 0.4) is 0 Å². The molecule has 94 valence electrons. The average Bonchev–Trinajstić information content (AvgIpc) is 2.31. The van der Waals surface area contributed by atoms with Crippen LogP contribution in [0.1, 0.15) is 0 Å². The second-order valence-electron chi connectivity index (χ2n) is 3.58. The van der Waals surface area contributed by atoms with Gasteiger partial charge < -0.3 is 4.55 Å². The fourth-order valence-electron chi connectivity index (χ4n) is 1.56. The van der Waals surface area contributed by atoms with Gasteiger partial charge in [0, 0.05) is 8.95 Å². The molecule has 7 heteroatoms. The van der Waals surface area contributed by atoms with Crippen molar-refractivity contribution in [1.29, 1.82) is 0 Å². The summed E-state index contributed by atoms with van der Waals surface area (Å²) in [5.74, 6) is 0. The van der Waals surface area contributed by atoms with Crippen molar-refractivity contribution in [2.45, 2.75) is 4.90 Å². The van der Waals surface area contributed by atoms with Crippen LogP contribution in [-0.2, 0) is 10.1 Å². The zero-order valence-electron chi connectivity index (χ0n) is 9.93. The molecule has 0 heterocycles. The first kappa shape index (κ1) is 17.4. The van der Waals surface area contributed by atoms with Gasteiger partial charge in [0.2, 0.25) is 0 Å². The first-order valence-corrected chi connectivity index (χ1v) is 7.89. The summed E-state index contributed by atoms with van der Waals surface area (Å²) >= 11 is 6.40. The molecule has 0 aliphatic heterocycles. The van der Waals surface area contributed by atoms with Crippen LogP contribution in [0.5, 0.6) is 0 Å². The predicted molar refractivity (Wildman–Crippen MR) is 75.2 cm³/mol. The Balaban J connectivity index is 0.00000180. The van der Waals surface area contributed by atoms with Crippen LogP contribution in [0.15, 0.2) is 56.3 Å². The molecule has 2 aromatic rings. The van der Waals surface area contributed by atoms with Crippen molar-refractivity contribution in [2.75, 3.05) is 0 Å². The minimum atomic E-state index is -4.48. The normalized spacial score (nSPS) is 10.9. The largest absolute Gasteiger partial charge is 1.00 e. The molecule has 0 saturated heterocycles. The van der Waals surface area contributed by atoms with Gasteiger partial charge in [-0.2, -0.15) is 0 Å². The van der Waals surface area contributed by atoms with Crippen molar-refractivity contribution in [2.24, 2.45) is 0 Å². The molecule has 19 heavy (non-hydrogen) atoms. The molecule has 0 saturated carbocycles. The van der Waals surface area contributed by atoms with Gasteiger partial charge in [-0.3, -0.25) is 0 Å². The number of rotatable bonds is 2. The summed E-state index contributed by atoms with van der Waals surface area (Å²) in [5, 5.41) is 0. The molecule has 0 atom stereocenters. The van der Waals surface area contributed by atoms with Crippen LogP contribution < -0.4 is 29.6 Å². The number of hydrogen-bond acceptors (Lipinski definition) is 3. The van der Waals surface area contributed by atoms with E-state index in [1.54, 1.807) is 6.07 Å². The Morgan fingerprint density at radius 1 is 0.947 bits per heavy atom. The van der Waals surface area contributed by atoms with Crippen LogP contribution >= 0.6 is 31.9 Å². The summed E-state index contributed by atoms with van der Waals surface area (Å²) in [6.45, 7) is 0. The third-order valence-corrected chi connectivity index (χ3v) is 4.83. The van der Waals surface area contributed by atoms with E-state index >= 15 is 0 Å². The van der Waals surface area contributed by atoms with Crippen molar-refractivity contribution in [3.8, 4) is 11.1 Å². The fraction of sp³-hybridized carbons (Fsp3) is 0. The van der Waals surface area contributed by atoms with Crippen LogP contribution in [-0.4, -0.2) is 13.0 Å². The van der Waals surface area contributed by atoms with Crippen molar-refractivity contribution < 1.29 is 42.5 Å². The fourth-order valence-corrected chi connectivity index (χ4v) is 3.78. The summed E-state index contributed by atoms with van der Waals surface area (Å²) < 4.78 is 34.0. The van der Waals surface area contributed by atoms with Crippen LogP contribution in [0.4, 0.5) is 0 Å². The van der Waals surface area contributed by atoms with Crippen molar-refractivity contribution in [3.05, 3.63) is 51.4 Å². The van der Waals surface area contributed by atoms with Crippen LogP contribution in [0, 0.1) is 0 Å². The zero-order valence-corrected chi connectivity index (χ0v) is 15.9. The molecule has 0 aliphatic carbocycles. The Morgan fingerprint density at radius 2 is 1.53 bits per heavy atom. The zero-order chi connectivity index (χ0) is 13.3. The molecule has 0 bridgehead atoms. The summed E-state index contributed by atoms with van der Waals surface area (Å²) in [4.78, 5) is -0.269. The molecule has 0 radical (unpaired) electrons. The predicted octanol–water partition coefficient (Wildman–Crippen LogP) is 0.787. The number of hydrogen-bond donors (Lipinski definition) is 0. The van der Waals surface area contributed by atoms with Gasteiger partial charge in [0.25, 0.3) is 0 Å². The Kier molecular flexibility index (Phi) is 6.26. The van der Waals surface area contributed by atoms with Gasteiger partial charge in [-0.1, -0.05) is 46.3 Å². The van der Waals surface area contributed by atoms with E-state index in [-0.39, 0.29) is 38.9 Å². The first-order chi connectivity index (χ1) is 8.39. The van der Waals surface area contributed by atoms with Gasteiger partial charge in [0.15, 0.2) is 0 Å². The molecular formula is C12H7Br2NaO3S. The second kappa shape index (κ2) is 6.85. The molecule has 0 unspecified atom stereocenters. The third kappa shape index (κ3) is 4.14. The van der Waals surface area contributed by atoms with Crippen LogP contribution in [0.2, 0.25) is 0 Å². The molecule has 3 nitrogen and oxygen atoms in total. The van der Waals surface area contributed by atoms with E-state index < -0.39 is 10.1 Å². The third-order valence-electron chi connectivity index (χ3n) is 2.38. The SMILES string of the molecule is O=S(=O)([O-])c1cc(Br)c(-c2ccccc2)cc1Br.[Na+]. The Hall–Kier alpha value is 0.310. The first-order valence-electron chi connectivity index (χ1n) is 4.90. The molecule has 0 aromatic heterocycles. The standard InChI is InChI=1S/C12H8Br2O3S.Na/c13-10-7-12(18(15,16)17)11(14)6-9(10)8-4-2-1-3-5-8;/h1-7H,(H,15,16,17);/q;+1/p-1. The van der Waals surface area contributed by atoms with E-state index in [0.717, 1.165) is 11.1 Å². The topological polar surface area (TPSA) is 57.2 Å². The summed E-state index contributed by atoms with van der Waals surface area (Å²) in [6.07, 6.45) is 0. The Bertz CT molecular complexity index is 688. The molecule has 0 fully saturated rings. The summed E-state index contributed by atoms with van der Waals surface area (Å²) in [5.41, 5.74) is 1.75. The molecule has 2 aromatic carbocycles. The molecule has 0 aliphatic rings. The molecule has 0 N–H and O–H groups in total. The molecule has 0 spiro atoms. The maximum Gasteiger partial charge on any atom is 1.00 e. The van der Waals surface area contributed by atoms with Gasteiger partial charge in [-0.15, -0.1) is 0 Å². The van der Waals surface area contributed by atoms with E-state index in [0.29, 0.717) is 4.47 Å². The van der Waals surface area contributed by atoms with E-state index in [2.05, 4.69) is 31.9 Å². The van der Waals surface area contributed by atoms with Crippen molar-refractivity contribution in [1.82, 2.24) is 0 Å². The molecule has 0 amide bonds. The van der Waals surface area contributed by atoms with Crippen molar-refractivity contribution in [3.63, 3.8) is 0 Å². The Morgan fingerprint density at radius 3 is 2.05 bits per heavy atom. The van der Waals surface area contributed by atoms with Gasteiger partial charge in [-0.05, 0) is 39.2 Å². The smallest absolute Gasteiger partial charge is 0.744 e. The van der Waals surface area contributed by atoms with Crippen molar-refractivity contribution >= 4 is 42.0 Å². The molecular weight excluding hydrogens is 407 g/mol. The van der Waals surface area contributed by atoms with E-state index in [9.17, 15) is 13.0 Å². The number of halogens is 2. The second-order valence-corrected chi connectivity index (χ2v) is 6.64. The van der Waals surface area contributed by atoms with E-state index in [4.69, 9.17) is 0 Å². The van der Waals surface area contributed by atoms with Gasteiger partial charge in [0.1, 0.15) is 10.1 Å². The Labute approximate surface area is 150 Å². The monoisotopic (exact) mass is 412 g/mol. The number of benzene rings is 2. The van der Waals surface area contributed by atoms with Gasteiger partial charge in [0.05, 0.1) is 4.90 Å². The van der Waals surface area contributed by atoms with E-state index in [1.807, 2.05) is 30.3 Å². The summed E-state index contributed by atoms with van der Waals surface area (Å²) in [7, 11) is -4.48. The minimum absolute atomic E-state index is 0.